The summed E-state index contributed by atoms with van der Waals surface area (Å²) in [6.07, 6.45) is 17.8. The van der Waals surface area contributed by atoms with Gasteiger partial charge in [0.25, 0.3) is 0 Å². The van der Waals surface area contributed by atoms with E-state index >= 15 is 0 Å². The molecule has 1 aliphatic carbocycles. The molecule has 1 nitrogen and oxygen atoms in total. The van der Waals surface area contributed by atoms with E-state index in [4.69, 9.17) is 0 Å². The molecular weight excluding hydrogens is 170 g/mol. The lowest BCUT2D eigenvalue weighted by Gasteiger charge is -2.44. The Morgan fingerprint density at radius 3 is 2.71 bits per heavy atom. The Morgan fingerprint density at radius 1 is 1.00 bits per heavy atom. The summed E-state index contributed by atoms with van der Waals surface area (Å²) in [6.45, 7) is 0. The van der Waals surface area contributed by atoms with Crippen molar-refractivity contribution in [3.63, 3.8) is 0 Å². The Balaban J connectivity index is 1.85. The molecule has 1 saturated carbocycles. The number of nitrogens with zero attached hydrogens (tertiary/aromatic N) is 1. The molecule has 78 valence electrons. The zero-order valence-corrected chi connectivity index (χ0v) is 9.04. The van der Waals surface area contributed by atoms with Crippen molar-refractivity contribution in [1.29, 1.82) is 0 Å². The number of hydrogen-bond donors (Lipinski definition) is 0. The molecule has 2 fully saturated rings. The van der Waals surface area contributed by atoms with Crippen molar-refractivity contribution < 1.29 is 0 Å². The molecule has 1 atom stereocenters. The molecule has 0 bridgehead atoms. The van der Waals surface area contributed by atoms with E-state index in [-0.39, 0.29) is 0 Å². The van der Waals surface area contributed by atoms with Gasteiger partial charge in [0.2, 0.25) is 0 Å². The van der Waals surface area contributed by atoms with Crippen LogP contribution < -0.4 is 0 Å². The van der Waals surface area contributed by atoms with Gasteiger partial charge in [0.15, 0.2) is 0 Å². The summed E-state index contributed by atoms with van der Waals surface area (Å²) in [6, 6.07) is 0.901. The van der Waals surface area contributed by atoms with Crippen molar-refractivity contribution in [1.82, 2.24) is 4.90 Å². The molecule has 2 aliphatic heterocycles. The zero-order valence-electron chi connectivity index (χ0n) is 9.04. The van der Waals surface area contributed by atoms with E-state index in [1.165, 1.54) is 57.8 Å². The van der Waals surface area contributed by atoms with Gasteiger partial charge in [0.1, 0.15) is 0 Å². The third-order valence-corrected chi connectivity index (χ3v) is 4.60. The van der Waals surface area contributed by atoms with Gasteiger partial charge in [-0.3, -0.25) is 0 Å². The van der Waals surface area contributed by atoms with Crippen LogP contribution in [0.4, 0.5) is 0 Å². The molecule has 1 saturated heterocycles. The SMILES string of the molecule is C1=CN2C(CC1)CCC21CCCCC1. The van der Waals surface area contributed by atoms with Gasteiger partial charge in [-0.25, -0.2) is 0 Å². The minimum absolute atomic E-state index is 0.611. The summed E-state index contributed by atoms with van der Waals surface area (Å²) in [5, 5.41) is 0. The van der Waals surface area contributed by atoms with Crippen molar-refractivity contribution in [3.05, 3.63) is 12.3 Å². The lowest BCUT2D eigenvalue weighted by molar-refractivity contribution is 0.105. The summed E-state index contributed by atoms with van der Waals surface area (Å²) in [7, 11) is 0. The lowest BCUT2D eigenvalue weighted by Crippen LogP contribution is -2.46. The first-order valence-electron chi connectivity index (χ1n) is 6.36. The smallest absolute Gasteiger partial charge is 0.0400 e. The minimum atomic E-state index is 0.611. The van der Waals surface area contributed by atoms with Gasteiger partial charge in [-0.2, -0.15) is 0 Å². The largest absolute Gasteiger partial charge is 0.369 e. The van der Waals surface area contributed by atoms with Crippen molar-refractivity contribution in [2.45, 2.75) is 69.4 Å². The molecule has 1 heteroatoms. The van der Waals surface area contributed by atoms with Crippen molar-refractivity contribution in [2.75, 3.05) is 0 Å². The summed E-state index contributed by atoms with van der Waals surface area (Å²) in [4.78, 5) is 2.75. The average molecular weight is 191 g/mol. The molecule has 14 heavy (non-hydrogen) atoms. The number of hydrogen-bond acceptors (Lipinski definition) is 1. The van der Waals surface area contributed by atoms with E-state index in [9.17, 15) is 0 Å². The zero-order chi connectivity index (χ0) is 9.43. The van der Waals surface area contributed by atoms with Crippen LogP contribution in [0, 0.1) is 0 Å². The minimum Gasteiger partial charge on any atom is -0.369 e. The van der Waals surface area contributed by atoms with Gasteiger partial charge in [-0.15, -0.1) is 0 Å². The Hall–Kier alpha value is -0.460. The Kier molecular flexibility index (Phi) is 2.07. The maximum absolute atomic E-state index is 2.75. The van der Waals surface area contributed by atoms with Crippen molar-refractivity contribution in [2.24, 2.45) is 0 Å². The highest BCUT2D eigenvalue weighted by Crippen LogP contribution is 2.46. The molecule has 3 aliphatic rings. The first-order valence-corrected chi connectivity index (χ1v) is 6.36. The molecule has 2 heterocycles. The Labute approximate surface area is 87.2 Å². The molecule has 0 aromatic heterocycles. The van der Waals surface area contributed by atoms with E-state index in [1.54, 1.807) is 0 Å². The van der Waals surface area contributed by atoms with Crippen LogP contribution in [0.1, 0.15) is 57.8 Å². The van der Waals surface area contributed by atoms with Crippen molar-refractivity contribution >= 4 is 0 Å². The second-order valence-electron chi connectivity index (χ2n) is 5.35. The molecule has 1 spiro atoms. The molecule has 0 amide bonds. The fraction of sp³-hybridized carbons (Fsp3) is 0.846. The summed E-state index contributed by atoms with van der Waals surface area (Å²) in [5.41, 5.74) is 0.611. The molecule has 3 rings (SSSR count). The summed E-state index contributed by atoms with van der Waals surface area (Å²) >= 11 is 0. The third kappa shape index (κ3) is 1.21. The van der Waals surface area contributed by atoms with Crippen LogP contribution in [0.2, 0.25) is 0 Å². The number of rotatable bonds is 0. The van der Waals surface area contributed by atoms with Crippen LogP contribution in [0.15, 0.2) is 12.3 Å². The van der Waals surface area contributed by atoms with Gasteiger partial charge in [0, 0.05) is 11.6 Å². The maximum Gasteiger partial charge on any atom is 0.0400 e. The van der Waals surface area contributed by atoms with Crippen molar-refractivity contribution in [3.8, 4) is 0 Å². The highest BCUT2D eigenvalue weighted by Gasteiger charge is 2.45. The van der Waals surface area contributed by atoms with Gasteiger partial charge in [-0.1, -0.05) is 25.3 Å². The van der Waals surface area contributed by atoms with Crippen LogP contribution in [0.5, 0.6) is 0 Å². The topological polar surface area (TPSA) is 3.24 Å². The fourth-order valence-electron chi connectivity index (χ4n) is 3.85. The molecule has 0 radical (unpaired) electrons. The van der Waals surface area contributed by atoms with E-state index in [0.717, 1.165) is 6.04 Å². The monoisotopic (exact) mass is 191 g/mol. The second kappa shape index (κ2) is 3.29. The lowest BCUT2D eigenvalue weighted by atomic mass is 9.80. The van der Waals surface area contributed by atoms with Crippen LogP contribution in [-0.2, 0) is 0 Å². The summed E-state index contributed by atoms with van der Waals surface area (Å²) in [5.74, 6) is 0. The first-order chi connectivity index (χ1) is 6.91. The maximum atomic E-state index is 2.75. The average Bonchev–Trinajstić information content (AvgIpc) is 2.60. The summed E-state index contributed by atoms with van der Waals surface area (Å²) < 4.78 is 0. The Bertz CT molecular complexity index is 238. The van der Waals surface area contributed by atoms with Gasteiger partial charge >= 0.3 is 0 Å². The number of allylic oxidation sites excluding steroid dienone is 1. The predicted molar refractivity (Wildman–Crippen MR) is 59.1 cm³/mol. The standard InChI is InChI=1S/C13H21N/c1-3-8-13(9-4-1)10-7-12-6-2-5-11-14(12)13/h5,11-12H,1-4,6-10H2. The van der Waals surface area contributed by atoms with Crippen LogP contribution >= 0.6 is 0 Å². The van der Waals surface area contributed by atoms with E-state index < -0.39 is 0 Å². The first kappa shape index (κ1) is 8.82. The van der Waals surface area contributed by atoms with E-state index in [0.29, 0.717) is 5.54 Å². The molecule has 0 aromatic rings. The highest BCUT2D eigenvalue weighted by molar-refractivity contribution is 5.09. The molecule has 0 aromatic carbocycles. The normalized spacial score (nSPS) is 34.9. The quantitative estimate of drug-likeness (QED) is 0.567. The van der Waals surface area contributed by atoms with Crippen LogP contribution in [-0.4, -0.2) is 16.5 Å². The van der Waals surface area contributed by atoms with E-state index in [2.05, 4.69) is 17.2 Å². The molecule has 1 unspecified atom stereocenters. The molecule has 0 N–H and O–H groups in total. The second-order valence-corrected chi connectivity index (χ2v) is 5.35. The third-order valence-electron chi connectivity index (χ3n) is 4.60. The number of fused-ring (bicyclic) bond motifs is 2. The van der Waals surface area contributed by atoms with E-state index in [1.807, 2.05) is 0 Å². The highest BCUT2D eigenvalue weighted by atomic mass is 15.2. The van der Waals surface area contributed by atoms with Gasteiger partial charge in [0.05, 0.1) is 0 Å². The fourth-order valence-corrected chi connectivity index (χ4v) is 3.85. The predicted octanol–water partition coefficient (Wildman–Crippen LogP) is 3.46. The van der Waals surface area contributed by atoms with Crippen LogP contribution in [0.25, 0.3) is 0 Å². The van der Waals surface area contributed by atoms with Gasteiger partial charge in [-0.05, 0) is 44.7 Å². The Morgan fingerprint density at radius 2 is 1.86 bits per heavy atom. The van der Waals surface area contributed by atoms with Crippen LogP contribution in [0.3, 0.4) is 0 Å². The molecular formula is C13H21N. The van der Waals surface area contributed by atoms with Gasteiger partial charge < -0.3 is 4.90 Å².